The Morgan fingerprint density at radius 3 is 2.67 bits per heavy atom. The van der Waals surface area contributed by atoms with Crippen LogP contribution in [0, 0.1) is 5.92 Å². The molecule has 0 saturated carbocycles. The van der Waals surface area contributed by atoms with Crippen LogP contribution in [0.4, 0.5) is 0 Å². The lowest BCUT2D eigenvalue weighted by Crippen LogP contribution is -2.41. The summed E-state index contributed by atoms with van der Waals surface area (Å²) in [5.74, 6) is 2.11. The molecule has 4 nitrogen and oxygen atoms in total. The number of halogens is 1. The van der Waals surface area contributed by atoms with Crippen molar-refractivity contribution in [2.24, 2.45) is 10.9 Å². The van der Waals surface area contributed by atoms with Gasteiger partial charge in [-0.1, -0.05) is 37.3 Å². The van der Waals surface area contributed by atoms with Crippen LogP contribution < -0.4 is 5.32 Å². The van der Waals surface area contributed by atoms with Crippen molar-refractivity contribution >= 4 is 29.9 Å². The second-order valence-corrected chi connectivity index (χ2v) is 6.32. The average molecular weight is 445 g/mol. The van der Waals surface area contributed by atoms with Gasteiger partial charge in [0.2, 0.25) is 0 Å². The summed E-state index contributed by atoms with van der Waals surface area (Å²) in [4.78, 5) is 7.14. The van der Waals surface area contributed by atoms with Crippen LogP contribution in [0.25, 0.3) is 0 Å². The fourth-order valence-corrected chi connectivity index (χ4v) is 3.06. The number of benzene rings is 1. The van der Waals surface area contributed by atoms with Crippen molar-refractivity contribution < 1.29 is 4.74 Å². The van der Waals surface area contributed by atoms with E-state index < -0.39 is 0 Å². The third kappa shape index (κ3) is 6.59. The minimum atomic E-state index is 0. The van der Waals surface area contributed by atoms with Crippen LogP contribution in [-0.2, 0) is 4.74 Å². The molecular weight excluding hydrogens is 413 g/mol. The van der Waals surface area contributed by atoms with Crippen LogP contribution in [0.1, 0.15) is 38.2 Å². The molecule has 1 aliphatic heterocycles. The Bertz CT molecular complexity index is 475. The van der Waals surface area contributed by atoms with Crippen LogP contribution in [-0.4, -0.2) is 50.8 Å². The first-order valence-corrected chi connectivity index (χ1v) is 8.86. The van der Waals surface area contributed by atoms with Gasteiger partial charge in [0.15, 0.2) is 5.96 Å². The van der Waals surface area contributed by atoms with Crippen LogP contribution in [0.15, 0.2) is 35.3 Å². The van der Waals surface area contributed by atoms with E-state index in [4.69, 9.17) is 9.73 Å². The lowest BCUT2D eigenvalue weighted by atomic mass is 9.97. The van der Waals surface area contributed by atoms with Gasteiger partial charge in [0.25, 0.3) is 0 Å². The molecule has 0 aliphatic carbocycles. The largest absolute Gasteiger partial charge is 0.381 e. The Labute approximate surface area is 164 Å². The maximum atomic E-state index is 5.48. The second-order valence-electron chi connectivity index (χ2n) is 6.32. The van der Waals surface area contributed by atoms with E-state index in [1.165, 1.54) is 5.56 Å². The smallest absolute Gasteiger partial charge is 0.193 e. The van der Waals surface area contributed by atoms with Gasteiger partial charge in [-0.25, -0.2) is 0 Å². The molecule has 0 radical (unpaired) electrons. The molecule has 0 aromatic heterocycles. The quantitative estimate of drug-likeness (QED) is 0.395. The Hall–Kier alpha value is -0.820. The molecule has 2 unspecified atom stereocenters. The number of nitrogens with one attached hydrogen (secondary N) is 1. The number of ether oxygens (including phenoxy) is 1. The van der Waals surface area contributed by atoms with Crippen molar-refractivity contribution in [2.45, 2.75) is 32.6 Å². The van der Waals surface area contributed by atoms with Crippen molar-refractivity contribution in [3.05, 3.63) is 35.9 Å². The van der Waals surface area contributed by atoms with Gasteiger partial charge in [0.1, 0.15) is 0 Å². The molecule has 1 fully saturated rings. The minimum Gasteiger partial charge on any atom is -0.381 e. The number of hydrogen-bond acceptors (Lipinski definition) is 2. The molecule has 5 heteroatoms. The zero-order valence-electron chi connectivity index (χ0n) is 15.2. The predicted molar refractivity (Wildman–Crippen MR) is 112 cm³/mol. The summed E-state index contributed by atoms with van der Waals surface area (Å²) in [5.41, 5.74) is 1.38. The molecule has 0 amide bonds. The lowest BCUT2D eigenvalue weighted by Gasteiger charge is -2.25. The topological polar surface area (TPSA) is 36.9 Å². The maximum Gasteiger partial charge on any atom is 0.193 e. The summed E-state index contributed by atoms with van der Waals surface area (Å²) < 4.78 is 5.48. The van der Waals surface area contributed by atoms with E-state index in [9.17, 15) is 0 Å². The summed E-state index contributed by atoms with van der Waals surface area (Å²) in [6.07, 6.45) is 2.26. The predicted octanol–water partition coefficient (Wildman–Crippen LogP) is 3.73. The molecule has 1 saturated heterocycles. The van der Waals surface area contributed by atoms with Gasteiger partial charge in [-0.15, -0.1) is 24.0 Å². The fourth-order valence-electron chi connectivity index (χ4n) is 3.06. The highest BCUT2D eigenvalue weighted by Crippen LogP contribution is 2.19. The Balaban J connectivity index is 0.00000288. The van der Waals surface area contributed by atoms with E-state index in [-0.39, 0.29) is 24.0 Å². The molecule has 24 heavy (non-hydrogen) atoms. The van der Waals surface area contributed by atoms with Crippen molar-refractivity contribution in [3.63, 3.8) is 0 Å². The number of aliphatic imine (C=N–C) groups is 1. The van der Waals surface area contributed by atoms with E-state index in [0.717, 1.165) is 51.6 Å². The first-order valence-electron chi connectivity index (χ1n) is 8.86. The fraction of sp³-hybridized carbons (Fsp3) is 0.632. The first kappa shape index (κ1) is 21.2. The molecule has 0 spiro atoms. The van der Waals surface area contributed by atoms with Gasteiger partial charge >= 0.3 is 0 Å². The van der Waals surface area contributed by atoms with Gasteiger partial charge < -0.3 is 15.0 Å². The molecule has 1 N–H and O–H groups in total. The van der Waals surface area contributed by atoms with Gasteiger partial charge in [0.05, 0.1) is 6.61 Å². The van der Waals surface area contributed by atoms with Crippen LogP contribution in [0.2, 0.25) is 0 Å². The van der Waals surface area contributed by atoms with Crippen LogP contribution >= 0.6 is 24.0 Å². The monoisotopic (exact) mass is 445 g/mol. The van der Waals surface area contributed by atoms with Crippen LogP contribution in [0.5, 0.6) is 0 Å². The molecule has 136 valence electrons. The molecular formula is C19H32IN3O. The van der Waals surface area contributed by atoms with Crippen molar-refractivity contribution in [3.8, 4) is 0 Å². The van der Waals surface area contributed by atoms with E-state index in [2.05, 4.69) is 61.4 Å². The van der Waals surface area contributed by atoms with Crippen molar-refractivity contribution in [1.29, 1.82) is 0 Å². The highest BCUT2D eigenvalue weighted by molar-refractivity contribution is 14.0. The average Bonchev–Trinajstić information content (AvgIpc) is 3.08. The molecule has 0 bridgehead atoms. The third-order valence-electron chi connectivity index (χ3n) is 4.48. The summed E-state index contributed by atoms with van der Waals surface area (Å²) >= 11 is 0. The maximum absolute atomic E-state index is 5.48. The van der Waals surface area contributed by atoms with Gasteiger partial charge in [-0.2, -0.15) is 0 Å². The second kappa shape index (κ2) is 11.7. The lowest BCUT2D eigenvalue weighted by molar-refractivity contribution is 0.181. The van der Waals surface area contributed by atoms with E-state index in [1.807, 2.05) is 0 Å². The molecule has 2 atom stereocenters. The zero-order valence-corrected chi connectivity index (χ0v) is 17.5. The van der Waals surface area contributed by atoms with Crippen molar-refractivity contribution in [1.82, 2.24) is 10.2 Å². The number of rotatable bonds is 7. The number of hydrogen-bond donors (Lipinski definition) is 1. The Morgan fingerprint density at radius 2 is 2.08 bits per heavy atom. The highest BCUT2D eigenvalue weighted by Gasteiger charge is 2.19. The number of nitrogens with zero attached hydrogens (tertiary/aromatic N) is 2. The summed E-state index contributed by atoms with van der Waals surface area (Å²) in [7, 11) is 2.13. The highest BCUT2D eigenvalue weighted by atomic mass is 127. The Kier molecular flexibility index (Phi) is 10.3. The third-order valence-corrected chi connectivity index (χ3v) is 4.48. The zero-order chi connectivity index (χ0) is 16.5. The molecule has 1 aromatic rings. The number of guanidine groups is 1. The first-order chi connectivity index (χ1) is 11.2. The molecule has 2 rings (SSSR count). The van der Waals surface area contributed by atoms with Crippen molar-refractivity contribution in [2.75, 3.05) is 39.9 Å². The van der Waals surface area contributed by atoms with Gasteiger partial charge in [-0.05, 0) is 25.3 Å². The molecule has 1 heterocycles. The minimum absolute atomic E-state index is 0. The van der Waals surface area contributed by atoms with Crippen LogP contribution in [0.3, 0.4) is 0 Å². The van der Waals surface area contributed by atoms with E-state index >= 15 is 0 Å². The standard InChI is InChI=1S/C19H31N3O.HI/c1-4-17(18-9-7-6-8-10-18)13-21-19(20-5-2)22(3)14-16-11-12-23-15-16;/h6-10,16-17H,4-5,11-15H2,1-3H3,(H,20,21);1H. The van der Waals surface area contributed by atoms with E-state index in [0.29, 0.717) is 11.8 Å². The normalized spacial score (nSPS) is 18.8. The Morgan fingerprint density at radius 1 is 1.33 bits per heavy atom. The van der Waals surface area contributed by atoms with E-state index in [1.54, 1.807) is 0 Å². The van der Waals surface area contributed by atoms with Gasteiger partial charge in [-0.3, -0.25) is 4.99 Å². The molecule has 1 aliphatic rings. The summed E-state index contributed by atoms with van der Waals surface area (Å²) in [6.45, 7) is 8.87. The van der Waals surface area contributed by atoms with Gasteiger partial charge in [0, 0.05) is 45.1 Å². The SMILES string of the molecule is CCNC(=NCC(CC)c1ccccc1)N(C)CC1CCOC1.I. The summed E-state index contributed by atoms with van der Waals surface area (Å²) in [6, 6.07) is 10.7. The summed E-state index contributed by atoms with van der Waals surface area (Å²) in [5, 5.41) is 3.42. The molecule has 1 aromatic carbocycles.